The van der Waals surface area contributed by atoms with Crippen LogP contribution in [-0.2, 0) is 55.8 Å². The van der Waals surface area contributed by atoms with Crippen LogP contribution in [0.15, 0.2) is 182 Å². The zero-order valence-corrected chi connectivity index (χ0v) is 62.6. The monoisotopic (exact) mass is 1420 g/mol. The topological polar surface area (TPSA) is 231 Å². The second-order valence-corrected chi connectivity index (χ2v) is 26.9. The first kappa shape index (κ1) is 93.6. The molecular weight excluding hydrogens is 1290 g/mol. The largest absolute Gasteiger partial charge is 0.472 e. The Morgan fingerprint density at radius 1 is 0.283 bits per heavy atom. The van der Waals surface area contributed by atoms with Gasteiger partial charge in [0.05, 0.1) is 26.4 Å². The number of unbranched alkanes of at least 4 members (excludes halogenated alkanes) is 15. The maximum atomic E-state index is 13.0. The van der Waals surface area contributed by atoms with Gasteiger partial charge in [-0.1, -0.05) is 261 Å². The molecule has 0 aromatic heterocycles. The summed E-state index contributed by atoms with van der Waals surface area (Å²) in [6, 6.07) is 0. The van der Waals surface area contributed by atoms with Crippen LogP contribution in [0.5, 0.6) is 0 Å². The lowest BCUT2D eigenvalue weighted by atomic mass is 10.1. The van der Waals surface area contributed by atoms with Gasteiger partial charge in [0.25, 0.3) is 0 Å². The zero-order valence-electron chi connectivity index (χ0n) is 60.8. The molecule has 0 spiro atoms. The molecule has 5 atom stereocenters. The number of rotatable bonds is 68. The molecule has 0 saturated heterocycles. The summed E-state index contributed by atoms with van der Waals surface area (Å²) in [5.41, 5.74) is 0. The van der Waals surface area contributed by atoms with Crippen molar-refractivity contribution in [2.75, 3.05) is 39.6 Å². The zero-order chi connectivity index (χ0) is 72.3. The van der Waals surface area contributed by atoms with Crippen molar-refractivity contribution in [2.24, 2.45) is 0 Å². The SMILES string of the molecule is CC/C=C\C/C=C\C/C=C\C/C=C\C/C=C\CCCCCCCCCC(=O)OCC(O)COP(=O)(O)OCC(O)COP(=O)(O)OCC(COC(=O)CCCCCCC/C=C\C/C=C\C/C=C\C/C=C\C/C=C\CC)OC(=O)CCCCC/C=C\C/C=C\C/C=C\C/C=C\C/C=C\CC. The Morgan fingerprint density at radius 2 is 0.505 bits per heavy atom. The number of aliphatic hydroxyl groups is 2. The van der Waals surface area contributed by atoms with Gasteiger partial charge in [0, 0.05) is 19.3 Å². The van der Waals surface area contributed by atoms with Crippen LogP contribution in [0, 0.1) is 0 Å². The van der Waals surface area contributed by atoms with E-state index in [0.717, 1.165) is 193 Å². The van der Waals surface area contributed by atoms with Crippen LogP contribution in [0.4, 0.5) is 0 Å². The first-order valence-corrected chi connectivity index (χ1v) is 40.1. The number of phosphoric acid groups is 2. The van der Waals surface area contributed by atoms with E-state index in [-0.39, 0.29) is 19.3 Å². The number of carbonyl (C=O) groups excluding carboxylic acids is 3. The summed E-state index contributed by atoms with van der Waals surface area (Å²) in [7, 11) is -9.82. The molecule has 16 nitrogen and oxygen atoms in total. The molecule has 0 aromatic rings. The Kier molecular flexibility index (Phi) is 68.5. The summed E-state index contributed by atoms with van der Waals surface area (Å²) >= 11 is 0. The van der Waals surface area contributed by atoms with Crippen molar-refractivity contribution in [3.8, 4) is 0 Å². The van der Waals surface area contributed by atoms with E-state index in [1.165, 1.54) is 0 Å². The highest BCUT2D eigenvalue weighted by Gasteiger charge is 2.29. The number of ether oxygens (including phenoxy) is 3. The molecule has 0 aliphatic rings. The highest BCUT2D eigenvalue weighted by Crippen LogP contribution is 2.45. The fraction of sp³-hybridized carbons (Fsp3) is 0.593. The Hall–Kier alpha value is -5.35. The third kappa shape index (κ3) is 73.7. The lowest BCUT2D eigenvalue weighted by Gasteiger charge is -2.21. The highest BCUT2D eigenvalue weighted by molar-refractivity contribution is 7.47. The van der Waals surface area contributed by atoms with Crippen LogP contribution in [0.1, 0.15) is 252 Å². The number of carbonyl (C=O) groups is 3. The standard InChI is InChI=1S/C81H130O16P2/c1-4-7-10-13-16-19-22-25-28-31-34-36-37-39-42-43-46-49-52-55-58-61-64-67-79(84)91-70-76(82)71-93-98(87,88)94-72-77(83)73-95-99(89,90)96-75-78(97-81(86)69-66-63-60-57-54-51-48-45-40-33-30-27-24-21-18-15-12-9-6-3)74-92-80(85)68-65-62-59-56-53-50-47-44-41-38-35-32-29-26-23-20-17-14-11-8-5-2/h7-12,16-21,25-30,34-36,38-40,42,44-45,47,51,54,76-78,82-83H,4-6,13-15,22-24,31-33,37,41,43,46,48-50,52-53,55-75H2,1-3H3,(H,87,88)(H,89,90)/b10-7-,11-8-,12-9-,19-16-,20-17-,21-18-,28-25-,29-26-,30-27-,36-34-,38-35-,42-39-,45-40-,47-44-,54-51-. The highest BCUT2D eigenvalue weighted by atomic mass is 31.2. The molecule has 18 heteroatoms. The number of esters is 3. The summed E-state index contributed by atoms with van der Waals surface area (Å²) in [5, 5.41) is 20.6. The van der Waals surface area contributed by atoms with Gasteiger partial charge in [-0.2, -0.15) is 0 Å². The third-order valence-electron chi connectivity index (χ3n) is 14.6. The average molecular weight is 1420 g/mol. The minimum absolute atomic E-state index is 0.0526. The molecule has 560 valence electrons. The maximum Gasteiger partial charge on any atom is 0.472 e. The summed E-state index contributed by atoms with van der Waals surface area (Å²) in [4.78, 5) is 58.6. The molecule has 0 amide bonds. The van der Waals surface area contributed by atoms with Crippen molar-refractivity contribution < 1.29 is 75.8 Å². The molecule has 0 heterocycles. The molecule has 0 fully saturated rings. The van der Waals surface area contributed by atoms with Crippen LogP contribution in [0.3, 0.4) is 0 Å². The summed E-state index contributed by atoms with van der Waals surface area (Å²) < 4.78 is 61.0. The first-order chi connectivity index (χ1) is 48.2. The van der Waals surface area contributed by atoms with E-state index in [9.17, 15) is 43.5 Å². The molecule has 0 rings (SSSR count). The van der Waals surface area contributed by atoms with E-state index >= 15 is 0 Å². The summed E-state index contributed by atoms with van der Waals surface area (Å²) in [6.45, 7) is 2.23. The van der Waals surface area contributed by atoms with Gasteiger partial charge in [0.2, 0.25) is 0 Å². The Labute approximate surface area is 598 Å². The average Bonchev–Trinajstić information content (AvgIpc) is 2.30. The van der Waals surface area contributed by atoms with Gasteiger partial charge in [-0.15, -0.1) is 0 Å². The lowest BCUT2D eigenvalue weighted by molar-refractivity contribution is -0.161. The number of phosphoric ester groups is 2. The van der Waals surface area contributed by atoms with Gasteiger partial charge in [-0.25, -0.2) is 9.13 Å². The number of hydrogen-bond donors (Lipinski definition) is 4. The van der Waals surface area contributed by atoms with Crippen molar-refractivity contribution in [1.29, 1.82) is 0 Å². The molecule has 5 unspecified atom stereocenters. The molecule has 99 heavy (non-hydrogen) atoms. The molecule has 0 aromatic carbocycles. The third-order valence-corrected chi connectivity index (χ3v) is 16.5. The van der Waals surface area contributed by atoms with Crippen LogP contribution < -0.4 is 0 Å². The molecular formula is C81H130O16P2. The second kappa shape index (κ2) is 72.4. The summed E-state index contributed by atoms with van der Waals surface area (Å²) in [5.74, 6) is -1.66. The van der Waals surface area contributed by atoms with Crippen molar-refractivity contribution >= 4 is 33.6 Å². The van der Waals surface area contributed by atoms with Gasteiger partial charge in [0.1, 0.15) is 25.4 Å². The second-order valence-electron chi connectivity index (χ2n) is 23.9. The molecule has 4 N–H and O–H groups in total. The molecule has 0 aliphatic carbocycles. The maximum absolute atomic E-state index is 13.0. The van der Waals surface area contributed by atoms with Gasteiger partial charge in [0.15, 0.2) is 6.10 Å². The lowest BCUT2D eigenvalue weighted by Crippen LogP contribution is -2.30. The normalized spacial score (nSPS) is 15.1. The predicted octanol–water partition coefficient (Wildman–Crippen LogP) is 21.4. The predicted molar refractivity (Wildman–Crippen MR) is 408 cm³/mol. The van der Waals surface area contributed by atoms with E-state index in [4.69, 9.17) is 32.3 Å². The van der Waals surface area contributed by atoms with Crippen LogP contribution >= 0.6 is 15.6 Å². The molecule has 0 aliphatic heterocycles. The van der Waals surface area contributed by atoms with Crippen molar-refractivity contribution in [3.63, 3.8) is 0 Å². The Balaban J connectivity index is 4.77. The van der Waals surface area contributed by atoms with Gasteiger partial charge in [-0.05, 0) is 154 Å². The smallest absolute Gasteiger partial charge is 0.463 e. The molecule has 0 radical (unpaired) electrons. The molecule has 0 bridgehead atoms. The van der Waals surface area contributed by atoms with E-state index in [1.54, 1.807) is 0 Å². The van der Waals surface area contributed by atoms with Crippen molar-refractivity contribution in [3.05, 3.63) is 182 Å². The number of hydrogen-bond acceptors (Lipinski definition) is 14. The van der Waals surface area contributed by atoms with E-state index in [0.29, 0.717) is 19.3 Å². The minimum Gasteiger partial charge on any atom is -0.463 e. The van der Waals surface area contributed by atoms with E-state index < -0.39 is 91.5 Å². The fourth-order valence-electron chi connectivity index (χ4n) is 9.06. The quantitative estimate of drug-likeness (QED) is 0.0146. The van der Waals surface area contributed by atoms with Crippen LogP contribution in [0.25, 0.3) is 0 Å². The Morgan fingerprint density at radius 3 is 0.808 bits per heavy atom. The van der Waals surface area contributed by atoms with Crippen LogP contribution in [0.2, 0.25) is 0 Å². The summed E-state index contributed by atoms with van der Waals surface area (Å²) in [6.07, 6.45) is 92.1. The van der Waals surface area contributed by atoms with Gasteiger partial charge in [-0.3, -0.25) is 32.5 Å². The number of aliphatic hydroxyl groups excluding tert-OH is 2. The Bertz CT molecular complexity index is 2530. The van der Waals surface area contributed by atoms with Crippen molar-refractivity contribution in [2.45, 2.75) is 270 Å². The van der Waals surface area contributed by atoms with Gasteiger partial charge >= 0.3 is 33.6 Å². The number of allylic oxidation sites excluding steroid dienone is 30. The van der Waals surface area contributed by atoms with E-state index in [1.807, 2.05) is 0 Å². The fourth-order valence-corrected chi connectivity index (χ4v) is 10.6. The minimum atomic E-state index is -4.95. The molecule has 0 saturated carbocycles. The van der Waals surface area contributed by atoms with E-state index in [2.05, 4.69) is 203 Å². The van der Waals surface area contributed by atoms with Crippen LogP contribution in [-0.4, -0.2) is 95.9 Å². The van der Waals surface area contributed by atoms with Crippen molar-refractivity contribution in [1.82, 2.24) is 0 Å². The van der Waals surface area contributed by atoms with Gasteiger partial charge < -0.3 is 34.2 Å². The first-order valence-electron chi connectivity index (χ1n) is 37.1.